The Balaban J connectivity index is 1.58. The predicted molar refractivity (Wildman–Crippen MR) is 126 cm³/mol. The minimum Gasteiger partial charge on any atom is -0.481 e. The van der Waals surface area contributed by atoms with Crippen LogP contribution in [0.2, 0.25) is 0 Å². The molecule has 7 nitrogen and oxygen atoms in total. The van der Waals surface area contributed by atoms with Crippen molar-refractivity contribution in [2.24, 2.45) is 5.92 Å². The second kappa shape index (κ2) is 10.5. The fourth-order valence-corrected chi connectivity index (χ4v) is 4.10. The average Bonchev–Trinajstić information content (AvgIpc) is 3.13. The van der Waals surface area contributed by atoms with Crippen molar-refractivity contribution in [3.05, 3.63) is 59.7 Å². The van der Waals surface area contributed by atoms with Crippen molar-refractivity contribution < 1.29 is 24.2 Å². The molecule has 7 heteroatoms. The summed E-state index contributed by atoms with van der Waals surface area (Å²) < 4.78 is 5.58. The SMILES string of the molecule is CCC(C)(NC(=O)OCC1c2ccccc2-c2ccccc21)C(=O)NCC(C)CCC(=O)O. The topological polar surface area (TPSA) is 105 Å². The van der Waals surface area contributed by atoms with E-state index in [1.54, 1.807) is 6.92 Å². The van der Waals surface area contributed by atoms with Crippen LogP contribution in [0.1, 0.15) is 57.1 Å². The van der Waals surface area contributed by atoms with Crippen LogP contribution in [0.3, 0.4) is 0 Å². The van der Waals surface area contributed by atoms with Crippen LogP contribution in [0.25, 0.3) is 11.1 Å². The number of carbonyl (C=O) groups excluding carboxylic acids is 2. The Hall–Kier alpha value is -3.35. The van der Waals surface area contributed by atoms with E-state index in [1.165, 1.54) is 0 Å². The zero-order valence-electron chi connectivity index (χ0n) is 19.4. The number of carboxylic acids is 1. The first-order valence-electron chi connectivity index (χ1n) is 11.4. The minimum atomic E-state index is -1.13. The van der Waals surface area contributed by atoms with Crippen molar-refractivity contribution in [2.45, 2.75) is 51.5 Å². The van der Waals surface area contributed by atoms with Gasteiger partial charge in [0.1, 0.15) is 12.1 Å². The van der Waals surface area contributed by atoms with Crippen LogP contribution in [0, 0.1) is 5.92 Å². The Morgan fingerprint density at radius 3 is 2.18 bits per heavy atom. The lowest BCUT2D eigenvalue weighted by Gasteiger charge is -2.29. The molecule has 2 aromatic carbocycles. The van der Waals surface area contributed by atoms with Gasteiger partial charge in [0, 0.05) is 18.9 Å². The van der Waals surface area contributed by atoms with E-state index >= 15 is 0 Å². The van der Waals surface area contributed by atoms with E-state index in [0.717, 1.165) is 22.3 Å². The highest BCUT2D eigenvalue weighted by Crippen LogP contribution is 2.44. The molecule has 0 aromatic heterocycles. The van der Waals surface area contributed by atoms with Gasteiger partial charge < -0.3 is 20.5 Å². The van der Waals surface area contributed by atoms with E-state index in [9.17, 15) is 14.4 Å². The standard InChI is InChI=1S/C26H32N2O5/c1-4-26(3,24(31)27-15-17(2)13-14-23(29)30)28-25(32)33-16-22-20-11-7-5-9-18(20)19-10-6-8-12-21(19)22/h5-12,17,22H,4,13-16H2,1-3H3,(H,27,31)(H,28,32)(H,29,30). The number of carboxylic acid groups (broad SMARTS) is 1. The van der Waals surface area contributed by atoms with Crippen LogP contribution in [0.4, 0.5) is 4.79 Å². The molecule has 3 rings (SSSR count). The van der Waals surface area contributed by atoms with Crippen molar-refractivity contribution in [1.82, 2.24) is 10.6 Å². The third-order valence-corrected chi connectivity index (χ3v) is 6.39. The Kier molecular flexibility index (Phi) is 7.74. The number of fused-ring (bicyclic) bond motifs is 3. The number of benzene rings is 2. The van der Waals surface area contributed by atoms with E-state index in [-0.39, 0.29) is 30.8 Å². The van der Waals surface area contributed by atoms with Crippen molar-refractivity contribution in [3.8, 4) is 11.1 Å². The summed E-state index contributed by atoms with van der Waals surface area (Å²) in [6, 6.07) is 16.2. The minimum absolute atomic E-state index is 0.0145. The molecule has 176 valence electrons. The second-order valence-corrected chi connectivity index (χ2v) is 8.88. The normalized spacial score (nSPS) is 15.0. The van der Waals surface area contributed by atoms with E-state index < -0.39 is 17.6 Å². The number of hydrogen-bond donors (Lipinski definition) is 3. The van der Waals surface area contributed by atoms with Crippen molar-refractivity contribution >= 4 is 18.0 Å². The lowest BCUT2D eigenvalue weighted by Crippen LogP contribution is -2.57. The summed E-state index contributed by atoms with van der Waals surface area (Å²) in [5.41, 5.74) is 3.42. The van der Waals surface area contributed by atoms with Crippen LogP contribution in [0.5, 0.6) is 0 Å². The molecule has 2 amide bonds. The first-order valence-corrected chi connectivity index (χ1v) is 11.4. The number of rotatable bonds is 10. The van der Waals surface area contributed by atoms with Crippen molar-refractivity contribution in [3.63, 3.8) is 0 Å². The van der Waals surface area contributed by atoms with Crippen LogP contribution < -0.4 is 10.6 Å². The summed E-state index contributed by atoms with van der Waals surface area (Å²) in [4.78, 5) is 36.1. The molecule has 0 saturated carbocycles. The number of amides is 2. The van der Waals surface area contributed by atoms with Gasteiger partial charge >= 0.3 is 12.1 Å². The summed E-state index contributed by atoms with van der Waals surface area (Å²) >= 11 is 0. The molecule has 1 aliphatic carbocycles. The van der Waals surface area contributed by atoms with Crippen molar-refractivity contribution in [2.75, 3.05) is 13.2 Å². The van der Waals surface area contributed by atoms with Crippen LogP contribution >= 0.6 is 0 Å². The Morgan fingerprint density at radius 2 is 1.64 bits per heavy atom. The molecule has 3 N–H and O–H groups in total. The fraction of sp³-hybridized carbons (Fsp3) is 0.423. The lowest BCUT2D eigenvalue weighted by atomic mass is 9.97. The zero-order chi connectivity index (χ0) is 24.0. The molecule has 0 bridgehead atoms. The monoisotopic (exact) mass is 452 g/mol. The van der Waals surface area contributed by atoms with Gasteiger partial charge in [0.15, 0.2) is 0 Å². The van der Waals surface area contributed by atoms with Gasteiger partial charge in [0.2, 0.25) is 5.91 Å². The van der Waals surface area contributed by atoms with E-state index in [2.05, 4.69) is 34.9 Å². The van der Waals surface area contributed by atoms with Gasteiger partial charge in [0.25, 0.3) is 0 Å². The number of ether oxygens (including phenoxy) is 1. The van der Waals surface area contributed by atoms with Gasteiger partial charge in [-0.2, -0.15) is 0 Å². The number of alkyl carbamates (subject to hydrolysis) is 1. The Bertz CT molecular complexity index is 976. The summed E-state index contributed by atoms with van der Waals surface area (Å²) in [5.74, 6) is -1.22. The third kappa shape index (κ3) is 5.72. The number of nitrogens with one attached hydrogen (secondary N) is 2. The maximum atomic E-state index is 12.8. The van der Waals surface area contributed by atoms with Gasteiger partial charge in [-0.3, -0.25) is 9.59 Å². The molecule has 0 aliphatic heterocycles. The summed E-state index contributed by atoms with van der Waals surface area (Å²) in [7, 11) is 0. The fourth-order valence-electron chi connectivity index (χ4n) is 4.10. The molecular weight excluding hydrogens is 420 g/mol. The van der Waals surface area contributed by atoms with Gasteiger partial charge in [-0.05, 0) is 47.9 Å². The summed E-state index contributed by atoms with van der Waals surface area (Å²) in [6.07, 6.45) is 0.264. The van der Waals surface area contributed by atoms with Crippen LogP contribution in [-0.4, -0.2) is 41.8 Å². The first-order chi connectivity index (χ1) is 15.7. The van der Waals surface area contributed by atoms with E-state index in [1.807, 2.05) is 38.1 Å². The summed E-state index contributed by atoms with van der Waals surface area (Å²) in [5, 5.41) is 14.3. The largest absolute Gasteiger partial charge is 0.481 e. The second-order valence-electron chi connectivity index (χ2n) is 8.88. The summed E-state index contributed by atoms with van der Waals surface area (Å²) in [6.45, 7) is 5.87. The average molecular weight is 453 g/mol. The third-order valence-electron chi connectivity index (χ3n) is 6.39. The molecule has 0 radical (unpaired) electrons. The van der Waals surface area contributed by atoms with Crippen molar-refractivity contribution in [1.29, 1.82) is 0 Å². The van der Waals surface area contributed by atoms with Crippen LogP contribution in [-0.2, 0) is 14.3 Å². The predicted octanol–water partition coefficient (Wildman–Crippen LogP) is 4.31. The molecule has 33 heavy (non-hydrogen) atoms. The Morgan fingerprint density at radius 1 is 1.06 bits per heavy atom. The maximum absolute atomic E-state index is 12.8. The van der Waals surface area contributed by atoms with Crippen LogP contribution in [0.15, 0.2) is 48.5 Å². The van der Waals surface area contributed by atoms with Gasteiger partial charge in [-0.15, -0.1) is 0 Å². The molecule has 2 atom stereocenters. The molecule has 2 unspecified atom stereocenters. The molecular formula is C26H32N2O5. The smallest absolute Gasteiger partial charge is 0.408 e. The molecule has 2 aromatic rings. The molecule has 0 heterocycles. The first kappa shape index (κ1) is 24.3. The van der Waals surface area contributed by atoms with Gasteiger partial charge in [0.05, 0.1) is 0 Å². The molecule has 1 aliphatic rings. The van der Waals surface area contributed by atoms with Gasteiger partial charge in [-0.25, -0.2) is 4.79 Å². The highest BCUT2D eigenvalue weighted by molar-refractivity contribution is 5.89. The lowest BCUT2D eigenvalue weighted by molar-refractivity contribution is -0.137. The van der Waals surface area contributed by atoms with E-state index in [4.69, 9.17) is 9.84 Å². The quantitative estimate of drug-likeness (QED) is 0.498. The Labute approximate surface area is 194 Å². The van der Waals surface area contributed by atoms with E-state index in [0.29, 0.717) is 19.4 Å². The highest BCUT2D eigenvalue weighted by Gasteiger charge is 2.35. The number of hydrogen-bond acceptors (Lipinski definition) is 4. The number of carbonyl (C=O) groups is 3. The number of aliphatic carboxylic acids is 1. The maximum Gasteiger partial charge on any atom is 0.408 e. The van der Waals surface area contributed by atoms with Gasteiger partial charge in [-0.1, -0.05) is 62.4 Å². The zero-order valence-corrected chi connectivity index (χ0v) is 19.4. The molecule has 0 fully saturated rings. The molecule has 0 spiro atoms. The molecule has 0 saturated heterocycles. The highest BCUT2D eigenvalue weighted by atomic mass is 16.5.